The minimum absolute atomic E-state index is 0.0219. The van der Waals surface area contributed by atoms with Crippen molar-refractivity contribution in [3.05, 3.63) is 60.8 Å². The van der Waals surface area contributed by atoms with Crippen molar-refractivity contribution in [1.82, 2.24) is 5.32 Å². The number of aliphatic hydroxyl groups excluding tert-OH is 2. The van der Waals surface area contributed by atoms with E-state index in [2.05, 4.69) is 67.8 Å². The molecule has 2 atom stereocenters. The number of hydrogen-bond donors (Lipinski definition) is 3. The zero-order valence-electron chi connectivity index (χ0n) is 51.4. The lowest BCUT2D eigenvalue weighted by atomic mass is 10.0. The maximum Gasteiger partial charge on any atom is 0.305 e. The van der Waals surface area contributed by atoms with Gasteiger partial charge in [0.1, 0.15) is 0 Å². The third-order valence-electron chi connectivity index (χ3n) is 15.5. The van der Waals surface area contributed by atoms with Crippen molar-refractivity contribution in [2.45, 2.75) is 366 Å². The van der Waals surface area contributed by atoms with Gasteiger partial charge in [0.15, 0.2) is 0 Å². The summed E-state index contributed by atoms with van der Waals surface area (Å²) in [5.74, 6) is -0.0975. The van der Waals surface area contributed by atoms with Crippen molar-refractivity contribution in [1.29, 1.82) is 0 Å². The number of rotatable bonds is 63. The largest absolute Gasteiger partial charge is 0.466 e. The summed E-state index contributed by atoms with van der Waals surface area (Å²) in [6.45, 7) is 4.85. The highest BCUT2D eigenvalue weighted by Crippen LogP contribution is 2.18. The molecule has 0 aliphatic rings. The molecule has 0 aliphatic carbocycles. The third-order valence-corrected chi connectivity index (χ3v) is 15.5. The molecule has 2 unspecified atom stereocenters. The minimum atomic E-state index is -0.855. The van der Waals surface area contributed by atoms with E-state index in [1.165, 1.54) is 244 Å². The van der Waals surface area contributed by atoms with Crippen LogP contribution in [0.25, 0.3) is 0 Å². The van der Waals surface area contributed by atoms with E-state index < -0.39 is 12.1 Å². The number of esters is 1. The molecule has 0 heterocycles. The molecule has 3 N–H and O–H groups in total. The summed E-state index contributed by atoms with van der Waals surface area (Å²) in [6.07, 6.45) is 87.1. The molecule has 0 bridgehead atoms. The van der Waals surface area contributed by atoms with Crippen molar-refractivity contribution in [3.8, 4) is 0 Å². The van der Waals surface area contributed by atoms with Crippen molar-refractivity contribution >= 4 is 11.9 Å². The Hall–Kier alpha value is -2.44. The smallest absolute Gasteiger partial charge is 0.305 e. The molecule has 77 heavy (non-hydrogen) atoms. The first kappa shape index (κ1) is 74.6. The molecule has 6 nitrogen and oxygen atoms in total. The second-order valence-corrected chi connectivity index (χ2v) is 23.2. The molecule has 450 valence electrons. The number of carbonyl (C=O) groups is 2. The van der Waals surface area contributed by atoms with Crippen LogP contribution in [0.2, 0.25) is 0 Å². The second kappa shape index (κ2) is 66.1. The average molecular weight is 1080 g/mol. The highest BCUT2D eigenvalue weighted by atomic mass is 16.5. The first-order chi connectivity index (χ1) is 38.0. The van der Waals surface area contributed by atoms with Gasteiger partial charge in [-0.2, -0.15) is 0 Å². The fraction of sp³-hybridized carbons (Fsp3) is 0.831. The predicted molar refractivity (Wildman–Crippen MR) is 338 cm³/mol. The van der Waals surface area contributed by atoms with E-state index >= 15 is 0 Å². The van der Waals surface area contributed by atoms with E-state index in [0.717, 1.165) is 83.5 Å². The Morgan fingerprint density at radius 3 is 1.09 bits per heavy atom. The summed E-state index contributed by atoms with van der Waals surface area (Å²) < 4.78 is 5.46. The molecule has 0 fully saturated rings. The topological polar surface area (TPSA) is 95.9 Å². The van der Waals surface area contributed by atoms with Crippen LogP contribution in [0.4, 0.5) is 0 Å². The van der Waals surface area contributed by atoms with Crippen LogP contribution in [0.3, 0.4) is 0 Å². The van der Waals surface area contributed by atoms with Crippen molar-refractivity contribution in [2.24, 2.45) is 0 Å². The van der Waals surface area contributed by atoms with Crippen molar-refractivity contribution in [3.63, 3.8) is 0 Å². The quantitative estimate of drug-likeness (QED) is 0.0244. The predicted octanol–water partition coefficient (Wildman–Crippen LogP) is 21.9. The Balaban J connectivity index is 3.50. The molecule has 0 saturated carbocycles. The zero-order valence-corrected chi connectivity index (χ0v) is 51.4. The highest BCUT2D eigenvalue weighted by Gasteiger charge is 2.18. The van der Waals surface area contributed by atoms with Crippen LogP contribution in [0.1, 0.15) is 354 Å². The maximum atomic E-state index is 12.5. The van der Waals surface area contributed by atoms with Gasteiger partial charge in [0.05, 0.1) is 25.4 Å². The van der Waals surface area contributed by atoms with Gasteiger partial charge in [-0.25, -0.2) is 0 Å². The van der Waals surface area contributed by atoms with E-state index in [1.54, 1.807) is 6.08 Å². The van der Waals surface area contributed by atoms with Crippen LogP contribution >= 0.6 is 0 Å². The van der Waals surface area contributed by atoms with Crippen molar-refractivity contribution < 1.29 is 24.5 Å². The molecule has 0 aromatic heterocycles. The van der Waals surface area contributed by atoms with Gasteiger partial charge in [-0.1, -0.05) is 306 Å². The third kappa shape index (κ3) is 62.6. The Kier molecular flexibility index (Phi) is 64.0. The molecule has 0 aromatic carbocycles. The Morgan fingerprint density at radius 2 is 0.688 bits per heavy atom. The van der Waals surface area contributed by atoms with Crippen molar-refractivity contribution in [2.75, 3.05) is 13.2 Å². The Morgan fingerprint density at radius 1 is 0.377 bits per heavy atom. The van der Waals surface area contributed by atoms with Gasteiger partial charge in [0.25, 0.3) is 0 Å². The molecule has 0 aliphatic heterocycles. The zero-order chi connectivity index (χ0) is 55.7. The number of carbonyl (C=O) groups excluding carboxylic acids is 2. The molecule has 1 amide bonds. The number of allylic oxidation sites excluding steroid dienone is 9. The summed E-state index contributed by atoms with van der Waals surface area (Å²) in [6, 6.07) is -0.639. The van der Waals surface area contributed by atoms with Gasteiger partial charge in [-0.15, -0.1) is 0 Å². The van der Waals surface area contributed by atoms with E-state index in [4.69, 9.17) is 4.74 Å². The monoisotopic (exact) mass is 1080 g/mol. The molecule has 6 heteroatoms. The minimum Gasteiger partial charge on any atom is -0.466 e. The van der Waals surface area contributed by atoms with Crippen LogP contribution < -0.4 is 5.32 Å². The van der Waals surface area contributed by atoms with Gasteiger partial charge < -0.3 is 20.3 Å². The highest BCUT2D eigenvalue weighted by molar-refractivity contribution is 5.76. The molecular formula is C71H131NO5. The average Bonchev–Trinajstić information content (AvgIpc) is 3.43. The molecule has 0 saturated heterocycles. The van der Waals surface area contributed by atoms with Gasteiger partial charge >= 0.3 is 5.97 Å². The van der Waals surface area contributed by atoms with Gasteiger partial charge in [-0.3, -0.25) is 9.59 Å². The first-order valence-electron chi connectivity index (χ1n) is 34.1. The number of aliphatic hydroxyl groups is 2. The van der Waals surface area contributed by atoms with Crippen LogP contribution in [-0.2, 0) is 14.3 Å². The van der Waals surface area contributed by atoms with Gasteiger partial charge in [-0.05, 0) is 96.3 Å². The molecule has 0 rings (SSSR count). The lowest BCUT2D eigenvalue weighted by Gasteiger charge is -2.20. The number of amides is 1. The fourth-order valence-corrected chi connectivity index (χ4v) is 10.3. The standard InChI is InChI=1S/C71H131NO5/c1-3-5-7-9-11-13-15-17-19-21-22-23-24-25-26-28-32-35-39-43-47-51-55-59-63-69(74)68(67-73)72-70(75)64-60-56-52-48-44-40-36-33-29-27-30-34-38-42-46-50-54-58-62-66-77-71(76)65-61-57-53-49-45-41-37-31-20-18-16-14-12-10-8-6-4-2/h12,14,18,20,34,38,42,46,59,63,68-69,73-74H,3-11,13,15-17,19,21-33,35-37,39-41,43-45,47-58,60-62,64-67H2,1-2H3,(H,72,75)/b14-12-,20-18-,38-34-,46-42-,63-59+. The number of unbranched alkanes of at least 4 members (excludes halogenated alkanes) is 45. The molecular weight excluding hydrogens is 947 g/mol. The first-order valence-corrected chi connectivity index (χ1v) is 34.1. The van der Waals surface area contributed by atoms with E-state index in [1.807, 2.05) is 6.08 Å². The lowest BCUT2D eigenvalue weighted by Crippen LogP contribution is -2.45. The lowest BCUT2D eigenvalue weighted by molar-refractivity contribution is -0.143. The van der Waals surface area contributed by atoms with Crippen LogP contribution in [0.15, 0.2) is 60.8 Å². The number of ether oxygens (including phenoxy) is 1. The van der Waals surface area contributed by atoms with Gasteiger partial charge in [0.2, 0.25) is 5.91 Å². The van der Waals surface area contributed by atoms with Crippen LogP contribution in [-0.4, -0.2) is 47.4 Å². The SMILES string of the molecule is CCCCC/C=C\C/C=C\CCCCCCCCCC(=O)OCCCCC/C=C\C=C/CCCCCCCCCCCCC(=O)NC(CO)C(O)/C=C/CCCCCCCCCCCCCCCCCCCCCCCC. The van der Waals surface area contributed by atoms with E-state index in [0.29, 0.717) is 19.4 Å². The molecule has 0 spiro atoms. The molecule has 0 aromatic rings. The van der Waals surface area contributed by atoms with Gasteiger partial charge in [0, 0.05) is 12.8 Å². The Labute approximate surface area is 479 Å². The number of hydrogen-bond acceptors (Lipinski definition) is 5. The summed E-state index contributed by atoms with van der Waals surface area (Å²) in [5.41, 5.74) is 0. The normalized spacial score (nSPS) is 12.9. The maximum absolute atomic E-state index is 12.5. The summed E-state index contributed by atoms with van der Waals surface area (Å²) in [4.78, 5) is 24.6. The van der Waals surface area contributed by atoms with E-state index in [9.17, 15) is 19.8 Å². The second-order valence-electron chi connectivity index (χ2n) is 23.2. The summed E-state index contributed by atoms with van der Waals surface area (Å²) >= 11 is 0. The fourth-order valence-electron chi connectivity index (χ4n) is 10.3. The van der Waals surface area contributed by atoms with Crippen LogP contribution in [0, 0.1) is 0 Å². The summed E-state index contributed by atoms with van der Waals surface area (Å²) in [5, 5.41) is 23.3. The van der Waals surface area contributed by atoms with E-state index in [-0.39, 0.29) is 18.5 Å². The number of nitrogens with one attached hydrogen (secondary N) is 1. The summed E-state index contributed by atoms with van der Waals surface area (Å²) in [7, 11) is 0. The Bertz CT molecular complexity index is 1340. The molecule has 0 radical (unpaired) electrons. The van der Waals surface area contributed by atoms with Crippen LogP contribution in [0.5, 0.6) is 0 Å².